The van der Waals surface area contributed by atoms with E-state index in [4.69, 9.17) is 4.74 Å². The van der Waals surface area contributed by atoms with Crippen molar-refractivity contribution in [2.45, 2.75) is 26.3 Å². The van der Waals surface area contributed by atoms with E-state index in [-0.39, 0.29) is 17.4 Å². The summed E-state index contributed by atoms with van der Waals surface area (Å²) in [4.78, 5) is 11.3. The number of alkyl halides is 1. The van der Waals surface area contributed by atoms with Crippen molar-refractivity contribution in [3.63, 3.8) is 0 Å². The maximum absolute atomic E-state index is 11.3. The highest BCUT2D eigenvalue weighted by Crippen LogP contribution is 2.27. The molecule has 0 spiro atoms. The fourth-order valence-corrected chi connectivity index (χ4v) is 1.72. The first-order valence-corrected chi connectivity index (χ1v) is 5.61. The lowest BCUT2D eigenvalue weighted by Gasteiger charge is -2.25. The van der Waals surface area contributed by atoms with Gasteiger partial charge >= 0.3 is 0 Å². The van der Waals surface area contributed by atoms with Crippen LogP contribution in [0, 0.1) is 5.41 Å². The van der Waals surface area contributed by atoms with E-state index >= 15 is 0 Å². The molecule has 1 atom stereocenters. The molecule has 0 aromatic carbocycles. The molecule has 1 fully saturated rings. The van der Waals surface area contributed by atoms with E-state index in [2.05, 4.69) is 35.1 Å². The Kier molecular flexibility index (Phi) is 3.74. The molecule has 1 rings (SSSR count). The van der Waals surface area contributed by atoms with E-state index in [1.807, 2.05) is 0 Å². The minimum absolute atomic E-state index is 0.0714. The van der Waals surface area contributed by atoms with Crippen molar-refractivity contribution < 1.29 is 9.53 Å². The van der Waals surface area contributed by atoms with Crippen LogP contribution in [-0.4, -0.2) is 30.5 Å². The monoisotopic (exact) mass is 249 g/mol. The number of hydrogen-bond donors (Lipinski definition) is 1. The largest absolute Gasteiger partial charge is 0.379 e. The number of nitrogens with one attached hydrogen (secondary N) is 1. The van der Waals surface area contributed by atoms with Crippen molar-refractivity contribution in [2.24, 2.45) is 5.41 Å². The number of carbonyl (C=O) groups excluding carboxylic acids is 1. The first kappa shape index (κ1) is 11.0. The molecule has 0 radical (unpaired) electrons. The van der Waals surface area contributed by atoms with Crippen LogP contribution in [0.15, 0.2) is 0 Å². The predicted molar refractivity (Wildman–Crippen MR) is 54.9 cm³/mol. The first-order valence-electron chi connectivity index (χ1n) is 4.49. The van der Waals surface area contributed by atoms with Gasteiger partial charge in [-0.1, -0.05) is 29.8 Å². The lowest BCUT2D eigenvalue weighted by Crippen LogP contribution is -2.44. The summed E-state index contributed by atoms with van der Waals surface area (Å²) in [6, 6.07) is 0.166. The van der Waals surface area contributed by atoms with Crippen LogP contribution in [0.1, 0.15) is 20.3 Å². The SMILES string of the molecule is CC1(C)COCC1NC(=O)CCBr. The van der Waals surface area contributed by atoms with Crippen molar-refractivity contribution in [3.8, 4) is 0 Å². The minimum atomic E-state index is 0.0714. The number of ether oxygens (including phenoxy) is 1. The first-order chi connectivity index (χ1) is 6.06. The summed E-state index contributed by atoms with van der Waals surface area (Å²) in [7, 11) is 0. The van der Waals surface area contributed by atoms with Gasteiger partial charge in [-0.05, 0) is 0 Å². The highest BCUT2D eigenvalue weighted by atomic mass is 79.9. The van der Waals surface area contributed by atoms with Crippen LogP contribution >= 0.6 is 15.9 Å². The van der Waals surface area contributed by atoms with Crippen LogP contribution in [0.4, 0.5) is 0 Å². The van der Waals surface area contributed by atoms with Gasteiger partial charge in [-0.25, -0.2) is 0 Å². The van der Waals surface area contributed by atoms with Crippen LogP contribution < -0.4 is 5.32 Å². The molecule has 0 saturated carbocycles. The molecule has 1 aliphatic rings. The van der Waals surface area contributed by atoms with Crippen LogP contribution in [0.5, 0.6) is 0 Å². The Morgan fingerprint density at radius 1 is 1.69 bits per heavy atom. The standard InChI is InChI=1S/C9H16BrNO2/c1-9(2)6-13-5-7(9)11-8(12)3-4-10/h7H,3-6H2,1-2H3,(H,11,12). The van der Waals surface area contributed by atoms with Gasteiger partial charge in [0, 0.05) is 17.2 Å². The second-order valence-corrected chi connectivity index (χ2v) is 4.86. The van der Waals surface area contributed by atoms with Gasteiger partial charge in [0.1, 0.15) is 0 Å². The second kappa shape index (κ2) is 4.42. The molecule has 1 heterocycles. The maximum Gasteiger partial charge on any atom is 0.221 e. The number of rotatable bonds is 3. The molecule has 0 aliphatic carbocycles. The Balaban J connectivity index is 2.40. The number of amides is 1. The average Bonchev–Trinajstić information content (AvgIpc) is 2.31. The quantitative estimate of drug-likeness (QED) is 0.767. The number of hydrogen-bond acceptors (Lipinski definition) is 2. The third-order valence-corrected chi connectivity index (χ3v) is 2.76. The molecule has 76 valence electrons. The van der Waals surface area contributed by atoms with Crippen LogP contribution in [0.25, 0.3) is 0 Å². The van der Waals surface area contributed by atoms with Gasteiger partial charge < -0.3 is 10.1 Å². The van der Waals surface area contributed by atoms with Gasteiger partial charge in [0.2, 0.25) is 5.91 Å². The highest BCUT2D eigenvalue weighted by Gasteiger charge is 2.36. The lowest BCUT2D eigenvalue weighted by atomic mass is 9.88. The van der Waals surface area contributed by atoms with Gasteiger partial charge in [-0.3, -0.25) is 4.79 Å². The topological polar surface area (TPSA) is 38.3 Å². The fourth-order valence-electron chi connectivity index (χ4n) is 1.36. The summed E-state index contributed by atoms with van der Waals surface area (Å²) in [6.07, 6.45) is 0.534. The van der Waals surface area contributed by atoms with E-state index in [0.717, 1.165) is 6.61 Å². The number of carbonyl (C=O) groups is 1. The third kappa shape index (κ3) is 2.95. The van der Waals surface area contributed by atoms with Gasteiger partial charge in [0.05, 0.1) is 19.3 Å². The molecular weight excluding hydrogens is 234 g/mol. The molecule has 0 bridgehead atoms. The molecule has 1 unspecified atom stereocenters. The average molecular weight is 250 g/mol. The normalized spacial score (nSPS) is 25.9. The van der Waals surface area contributed by atoms with Gasteiger partial charge in [0.25, 0.3) is 0 Å². The Morgan fingerprint density at radius 3 is 2.85 bits per heavy atom. The van der Waals surface area contributed by atoms with Crippen LogP contribution in [0.3, 0.4) is 0 Å². The van der Waals surface area contributed by atoms with Crippen LogP contribution in [0.2, 0.25) is 0 Å². The summed E-state index contributed by atoms with van der Waals surface area (Å²) < 4.78 is 5.32. The Morgan fingerprint density at radius 2 is 2.38 bits per heavy atom. The molecule has 1 amide bonds. The molecule has 1 N–H and O–H groups in total. The van der Waals surface area contributed by atoms with Crippen molar-refractivity contribution in [1.82, 2.24) is 5.32 Å². The summed E-state index contributed by atoms with van der Waals surface area (Å²) in [5, 5.41) is 3.69. The number of halogens is 1. The summed E-state index contributed by atoms with van der Waals surface area (Å²) in [5.74, 6) is 0.0976. The van der Waals surface area contributed by atoms with E-state index in [1.54, 1.807) is 0 Å². The summed E-state index contributed by atoms with van der Waals surface area (Å²) in [5.41, 5.74) is 0.0714. The fraction of sp³-hybridized carbons (Fsp3) is 0.889. The molecule has 0 aromatic rings. The van der Waals surface area contributed by atoms with Crippen molar-refractivity contribution >= 4 is 21.8 Å². The zero-order valence-electron chi connectivity index (χ0n) is 8.10. The van der Waals surface area contributed by atoms with E-state index in [1.165, 1.54) is 0 Å². The van der Waals surface area contributed by atoms with Crippen LogP contribution in [-0.2, 0) is 9.53 Å². The molecule has 0 aromatic heterocycles. The smallest absolute Gasteiger partial charge is 0.221 e. The predicted octanol–water partition coefficient (Wildman–Crippen LogP) is 1.31. The maximum atomic E-state index is 11.3. The van der Waals surface area contributed by atoms with E-state index < -0.39 is 0 Å². The molecule has 1 aliphatic heterocycles. The zero-order valence-corrected chi connectivity index (χ0v) is 9.69. The minimum Gasteiger partial charge on any atom is -0.379 e. The molecule has 3 nitrogen and oxygen atoms in total. The van der Waals surface area contributed by atoms with Crippen molar-refractivity contribution in [1.29, 1.82) is 0 Å². The third-order valence-electron chi connectivity index (χ3n) is 2.36. The van der Waals surface area contributed by atoms with Crippen molar-refractivity contribution in [3.05, 3.63) is 0 Å². The Hall–Kier alpha value is -0.0900. The zero-order chi connectivity index (χ0) is 9.90. The highest BCUT2D eigenvalue weighted by molar-refractivity contribution is 9.09. The molecule has 1 saturated heterocycles. The Bertz CT molecular complexity index is 194. The lowest BCUT2D eigenvalue weighted by molar-refractivity contribution is -0.121. The van der Waals surface area contributed by atoms with Crippen molar-refractivity contribution in [2.75, 3.05) is 18.5 Å². The molecule has 13 heavy (non-hydrogen) atoms. The summed E-state index contributed by atoms with van der Waals surface area (Å²) >= 11 is 3.24. The molecular formula is C9H16BrNO2. The van der Waals surface area contributed by atoms with E-state index in [0.29, 0.717) is 18.4 Å². The van der Waals surface area contributed by atoms with Gasteiger partial charge in [-0.2, -0.15) is 0 Å². The Labute approximate surface area is 87.3 Å². The van der Waals surface area contributed by atoms with Gasteiger partial charge in [-0.15, -0.1) is 0 Å². The summed E-state index contributed by atoms with van der Waals surface area (Å²) in [6.45, 7) is 5.59. The van der Waals surface area contributed by atoms with Gasteiger partial charge in [0.15, 0.2) is 0 Å². The second-order valence-electron chi connectivity index (χ2n) is 4.06. The van der Waals surface area contributed by atoms with E-state index in [9.17, 15) is 4.79 Å². The molecule has 4 heteroatoms.